The maximum absolute atomic E-state index is 11.5. The topological polar surface area (TPSA) is 56.8 Å². The number of unbranched alkanes of at least 4 members (excludes halogenated alkanes) is 1. The van der Waals surface area contributed by atoms with Crippen LogP contribution in [0.25, 0.3) is 0 Å². The number of hydrogen-bond acceptors (Lipinski definition) is 4. The lowest BCUT2D eigenvalue weighted by atomic mass is 10.2. The van der Waals surface area contributed by atoms with Crippen molar-refractivity contribution in [2.24, 2.45) is 0 Å². The number of carbonyl (C=O) groups is 1. The van der Waals surface area contributed by atoms with Crippen LogP contribution in [0.4, 0.5) is 4.79 Å². The van der Waals surface area contributed by atoms with Crippen molar-refractivity contribution in [3.8, 4) is 0 Å². The molecule has 0 heterocycles. The molecule has 0 unspecified atom stereocenters. The van der Waals surface area contributed by atoms with E-state index in [9.17, 15) is 4.79 Å². The molecular weight excluding hydrogens is 282 g/mol. The maximum Gasteiger partial charge on any atom is 0.407 e. The van der Waals surface area contributed by atoms with Crippen LogP contribution in [0.5, 0.6) is 0 Å². The van der Waals surface area contributed by atoms with Crippen LogP contribution in [-0.2, 0) is 20.8 Å². The van der Waals surface area contributed by atoms with Gasteiger partial charge in [0.2, 0.25) is 0 Å². The molecule has 0 bridgehead atoms. The average molecular weight is 309 g/mol. The molecule has 0 aromatic heterocycles. The Morgan fingerprint density at radius 3 is 2.41 bits per heavy atom. The number of hydrogen-bond donors (Lipinski definition) is 1. The molecule has 0 radical (unpaired) electrons. The SMILES string of the molecule is CCOC(CCCCNC(=O)OCc1ccccc1)OCC. The molecule has 5 heteroatoms. The highest BCUT2D eigenvalue weighted by Gasteiger charge is 2.07. The summed E-state index contributed by atoms with van der Waals surface area (Å²) in [4.78, 5) is 11.5. The summed E-state index contributed by atoms with van der Waals surface area (Å²) < 4.78 is 16.1. The van der Waals surface area contributed by atoms with Gasteiger partial charge >= 0.3 is 6.09 Å². The minimum Gasteiger partial charge on any atom is -0.445 e. The summed E-state index contributed by atoms with van der Waals surface area (Å²) >= 11 is 0. The molecule has 22 heavy (non-hydrogen) atoms. The third kappa shape index (κ3) is 8.64. The Bertz CT molecular complexity index is 391. The third-order valence-corrected chi connectivity index (χ3v) is 3.05. The Morgan fingerprint density at radius 1 is 1.09 bits per heavy atom. The van der Waals surface area contributed by atoms with Gasteiger partial charge in [-0.3, -0.25) is 0 Å². The van der Waals surface area contributed by atoms with Gasteiger partial charge < -0.3 is 19.5 Å². The van der Waals surface area contributed by atoms with Crippen LogP contribution >= 0.6 is 0 Å². The standard InChI is InChI=1S/C17H27NO4/c1-3-20-16(21-4-2)12-8-9-13-18-17(19)22-14-15-10-6-5-7-11-15/h5-7,10-11,16H,3-4,8-9,12-14H2,1-2H3,(H,18,19). The number of nitrogens with one attached hydrogen (secondary N) is 1. The van der Waals surface area contributed by atoms with Gasteiger partial charge in [-0.25, -0.2) is 4.79 Å². The van der Waals surface area contributed by atoms with Crippen LogP contribution in [0, 0.1) is 0 Å². The summed E-state index contributed by atoms with van der Waals surface area (Å²) in [7, 11) is 0. The highest BCUT2D eigenvalue weighted by atomic mass is 16.7. The van der Waals surface area contributed by atoms with Crippen molar-refractivity contribution in [1.82, 2.24) is 5.32 Å². The first kappa shape index (κ1) is 18.5. The van der Waals surface area contributed by atoms with Crippen LogP contribution < -0.4 is 5.32 Å². The zero-order chi connectivity index (χ0) is 16.0. The van der Waals surface area contributed by atoms with Crippen LogP contribution in [0.3, 0.4) is 0 Å². The molecule has 0 fully saturated rings. The summed E-state index contributed by atoms with van der Waals surface area (Å²) in [5.41, 5.74) is 0.980. The van der Waals surface area contributed by atoms with E-state index in [1.807, 2.05) is 44.2 Å². The van der Waals surface area contributed by atoms with Gasteiger partial charge in [-0.15, -0.1) is 0 Å². The number of amides is 1. The molecule has 124 valence electrons. The molecule has 0 spiro atoms. The predicted molar refractivity (Wildman–Crippen MR) is 85.5 cm³/mol. The van der Waals surface area contributed by atoms with Gasteiger partial charge in [0.15, 0.2) is 6.29 Å². The van der Waals surface area contributed by atoms with E-state index in [2.05, 4.69) is 5.32 Å². The monoisotopic (exact) mass is 309 g/mol. The van der Waals surface area contributed by atoms with Gasteiger partial charge in [0.25, 0.3) is 0 Å². The van der Waals surface area contributed by atoms with Crippen molar-refractivity contribution >= 4 is 6.09 Å². The van der Waals surface area contributed by atoms with Crippen LogP contribution in [0.1, 0.15) is 38.7 Å². The smallest absolute Gasteiger partial charge is 0.407 e. The lowest BCUT2D eigenvalue weighted by Gasteiger charge is -2.16. The van der Waals surface area contributed by atoms with E-state index in [0.29, 0.717) is 26.4 Å². The zero-order valence-corrected chi connectivity index (χ0v) is 13.5. The summed E-state index contributed by atoms with van der Waals surface area (Å²) in [6.07, 6.45) is 2.12. The second kappa shape index (κ2) is 12.0. The molecule has 0 saturated carbocycles. The Morgan fingerprint density at radius 2 is 1.77 bits per heavy atom. The third-order valence-electron chi connectivity index (χ3n) is 3.05. The van der Waals surface area contributed by atoms with Crippen LogP contribution in [-0.4, -0.2) is 32.1 Å². The minimum absolute atomic E-state index is 0.139. The van der Waals surface area contributed by atoms with E-state index < -0.39 is 0 Å². The summed E-state index contributed by atoms with van der Waals surface area (Å²) in [5.74, 6) is 0. The molecule has 0 atom stereocenters. The highest BCUT2D eigenvalue weighted by Crippen LogP contribution is 2.06. The van der Waals surface area contributed by atoms with E-state index in [0.717, 1.165) is 24.8 Å². The van der Waals surface area contributed by atoms with Crippen molar-refractivity contribution < 1.29 is 19.0 Å². The zero-order valence-electron chi connectivity index (χ0n) is 13.5. The highest BCUT2D eigenvalue weighted by molar-refractivity contribution is 5.67. The first-order valence-electron chi connectivity index (χ1n) is 7.94. The molecule has 0 aliphatic rings. The number of carbonyl (C=O) groups excluding carboxylic acids is 1. The second-order valence-corrected chi connectivity index (χ2v) is 4.82. The first-order valence-corrected chi connectivity index (χ1v) is 7.94. The molecule has 1 amide bonds. The second-order valence-electron chi connectivity index (χ2n) is 4.82. The Kier molecular flexibility index (Phi) is 10.1. The van der Waals surface area contributed by atoms with Crippen molar-refractivity contribution in [2.45, 2.75) is 46.0 Å². The van der Waals surface area contributed by atoms with Crippen molar-refractivity contribution in [1.29, 1.82) is 0 Å². The fourth-order valence-corrected chi connectivity index (χ4v) is 1.99. The lowest BCUT2D eigenvalue weighted by Crippen LogP contribution is -2.25. The fraction of sp³-hybridized carbons (Fsp3) is 0.588. The molecule has 5 nitrogen and oxygen atoms in total. The fourth-order valence-electron chi connectivity index (χ4n) is 1.99. The normalized spacial score (nSPS) is 10.7. The molecule has 0 saturated heterocycles. The molecular formula is C17H27NO4. The number of ether oxygens (including phenoxy) is 3. The number of rotatable bonds is 11. The van der Waals surface area contributed by atoms with Gasteiger partial charge in [0, 0.05) is 19.8 Å². The van der Waals surface area contributed by atoms with Crippen LogP contribution in [0.15, 0.2) is 30.3 Å². The molecule has 0 aliphatic heterocycles. The molecule has 1 N–H and O–H groups in total. The van der Waals surface area contributed by atoms with Crippen molar-refractivity contribution in [3.05, 3.63) is 35.9 Å². The van der Waals surface area contributed by atoms with E-state index in [4.69, 9.17) is 14.2 Å². The molecule has 1 aromatic rings. The maximum atomic E-state index is 11.5. The first-order chi connectivity index (χ1) is 10.8. The molecule has 1 aromatic carbocycles. The van der Waals surface area contributed by atoms with Gasteiger partial charge in [0.1, 0.15) is 6.61 Å². The average Bonchev–Trinajstić information content (AvgIpc) is 2.54. The quantitative estimate of drug-likeness (QED) is 0.502. The van der Waals surface area contributed by atoms with Crippen LogP contribution in [0.2, 0.25) is 0 Å². The van der Waals surface area contributed by atoms with Gasteiger partial charge in [-0.1, -0.05) is 30.3 Å². The molecule has 1 rings (SSSR count). The Hall–Kier alpha value is -1.59. The van der Waals surface area contributed by atoms with E-state index in [1.54, 1.807) is 0 Å². The molecule has 0 aliphatic carbocycles. The predicted octanol–water partition coefficient (Wildman–Crippen LogP) is 3.48. The van der Waals surface area contributed by atoms with Crippen molar-refractivity contribution in [2.75, 3.05) is 19.8 Å². The largest absolute Gasteiger partial charge is 0.445 e. The van der Waals surface area contributed by atoms with Crippen molar-refractivity contribution in [3.63, 3.8) is 0 Å². The van der Waals surface area contributed by atoms with E-state index in [-0.39, 0.29) is 12.4 Å². The summed E-state index contributed by atoms with van der Waals surface area (Å²) in [6.45, 7) is 6.10. The number of alkyl carbamates (subject to hydrolysis) is 1. The minimum atomic E-state index is -0.380. The van der Waals surface area contributed by atoms with Gasteiger partial charge in [0.05, 0.1) is 0 Å². The summed E-state index contributed by atoms with van der Waals surface area (Å²) in [6, 6.07) is 9.62. The number of benzene rings is 1. The Balaban J connectivity index is 2.05. The van der Waals surface area contributed by atoms with E-state index >= 15 is 0 Å². The Labute approximate surface area is 132 Å². The lowest BCUT2D eigenvalue weighted by molar-refractivity contribution is -0.140. The van der Waals surface area contributed by atoms with Gasteiger partial charge in [-0.2, -0.15) is 0 Å². The van der Waals surface area contributed by atoms with Gasteiger partial charge in [-0.05, 0) is 38.7 Å². The van der Waals surface area contributed by atoms with E-state index in [1.165, 1.54) is 0 Å². The summed E-state index contributed by atoms with van der Waals surface area (Å²) in [5, 5.41) is 2.75.